The van der Waals surface area contributed by atoms with Gasteiger partial charge in [-0.3, -0.25) is 9.36 Å². The monoisotopic (exact) mass is 355 g/mol. The van der Waals surface area contributed by atoms with Gasteiger partial charge in [0.1, 0.15) is 5.75 Å². The zero-order chi connectivity index (χ0) is 17.8. The van der Waals surface area contributed by atoms with Gasteiger partial charge in [0.05, 0.1) is 12.8 Å². The molecule has 0 atom stereocenters. The summed E-state index contributed by atoms with van der Waals surface area (Å²) in [5.41, 5.74) is 2.39. The van der Waals surface area contributed by atoms with Crippen molar-refractivity contribution in [3.63, 3.8) is 0 Å². The van der Waals surface area contributed by atoms with E-state index in [9.17, 15) is 4.79 Å². The molecule has 1 aromatic heterocycles. The molecule has 5 nitrogen and oxygen atoms in total. The maximum Gasteiger partial charge on any atom is 0.297 e. The van der Waals surface area contributed by atoms with Gasteiger partial charge < -0.3 is 10.1 Å². The van der Waals surface area contributed by atoms with E-state index in [4.69, 9.17) is 16.3 Å². The van der Waals surface area contributed by atoms with Crippen LogP contribution in [0.5, 0.6) is 5.75 Å². The number of aromatic nitrogens is 2. The second kappa shape index (κ2) is 7.40. The van der Waals surface area contributed by atoms with Crippen LogP contribution in [-0.2, 0) is 6.54 Å². The van der Waals surface area contributed by atoms with Gasteiger partial charge in [0.15, 0.2) is 5.82 Å². The molecule has 3 rings (SSSR count). The van der Waals surface area contributed by atoms with Crippen LogP contribution in [-0.4, -0.2) is 16.7 Å². The molecule has 0 fully saturated rings. The zero-order valence-electron chi connectivity index (χ0n) is 14.0. The highest BCUT2D eigenvalue weighted by atomic mass is 35.5. The summed E-state index contributed by atoms with van der Waals surface area (Å²) >= 11 is 6.16. The second-order valence-electron chi connectivity index (χ2n) is 5.54. The Bertz CT molecular complexity index is 936. The lowest BCUT2D eigenvalue weighted by atomic mass is 10.2. The molecule has 0 bridgehead atoms. The molecule has 0 radical (unpaired) electrons. The van der Waals surface area contributed by atoms with E-state index < -0.39 is 0 Å². The molecule has 0 aliphatic rings. The topological polar surface area (TPSA) is 56.1 Å². The van der Waals surface area contributed by atoms with Crippen molar-refractivity contribution in [2.75, 3.05) is 12.4 Å². The highest BCUT2D eigenvalue weighted by Gasteiger charge is 2.10. The maximum atomic E-state index is 12.7. The summed E-state index contributed by atoms with van der Waals surface area (Å²) in [7, 11) is 1.63. The molecule has 3 aromatic rings. The number of hydrogen-bond donors (Lipinski definition) is 1. The highest BCUT2D eigenvalue weighted by Crippen LogP contribution is 2.21. The SMILES string of the molecule is COc1ccc(CNc2nccn(-c3cccc(Cl)c3C)c2=O)cc1. The molecule has 25 heavy (non-hydrogen) atoms. The lowest BCUT2D eigenvalue weighted by molar-refractivity contribution is 0.414. The Labute approximate surface area is 150 Å². The van der Waals surface area contributed by atoms with Crippen molar-refractivity contribution in [1.82, 2.24) is 9.55 Å². The van der Waals surface area contributed by atoms with Crippen LogP contribution in [0, 0.1) is 6.92 Å². The maximum absolute atomic E-state index is 12.7. The third-order valence-electron chi connectivity index (χ3n) is 3.96. The largest absolute Gasteiger partial charge is 0.497 e. The van der Waals surface area contributed by atoms with Crippen LogP contribution in [0.1, 0.15) is 11.1 Å². The fourth-order valence-corrected chi connectivity index (χ4v) is 2.68. The van der Waals surface area contributed by atoms with Crippen LogP contribution in [0.2, 0.25) is 5.02 Å². The molecule has 0 aliphatic carbocycles. The summed E-state index contributed by atoms with van der Waals surface area (Å²) in [6.45, 7) is 2.37. The van der Waals surface area contributed by atoms with E-state index in [0.29, 0.717) is 11.6 Å². The lowest BCUT2D eigenvalue weighted by Crippen LogP contribution is -2.23. The van der Waals surface area contributed by atoms with Gasteiger partial charge in [-0.2, -0.15) is 0 Å². The minimum Gasteiger partial charge on any atom is -0.497 e. The van der Waals surface area contributed by atoms with Crippen LogP contribution < -0.4 is 15.6 Å². The standard InChI is InChI=1S/C19H18ClN3O2/c1-13-16(20)4-3-5-17(13)23-11-10-21-18(19(23)24)22-12-14-6-8-15(25-2)9-7-14/h3-11H,12H2,1-2H3,(H,21,22). The van der Waals surface area contributed by atoms with E-state index in [0.717, 1.165) is 22.6 Å². The zero-order valence-corrected chi connectivity index (χ0v) is 14.7. The summed E-state index contributed by atoms with van der Waals surface area (Å²) < 4.78 is 6.69. The van der Waals surface area contributed by atoms with Gasteiger partial charge in [-0.1, -0.05) is 29.8 Å². The predicted molar refractivity (Wildman–Crippen MR) is 99.9 cm³/mol. The Hall–Kier alpha value is -2.79. The second-order valence-corrected chi connectivity index (χ2v) is 5.94. The van der Waals surface area contributed by atoms with Gasteiger partial charge in [-0.05, 0) is 42.3 Å². The predicted octanol–water partition coefficient (Wildman–Crippen LogP) is 3.82. The summed E-state index contributed by atoms with van der Waals surface area (Å²) in [6.07, 6.45) is 3.23. The van der Waals surface area contributed by atoms with Crippen LogP contribution in [0.15, 0.2) is 59.7 Å². The molecule has 128 valence electrons. The molecule has 6 heteroatoms. The number of methoxy groups -OCH3 is 1. The lowest BCUT2D eigenvalue weighted by Gasteiger charge is -2.12. The van der Waals surface area contributed by atoms with Crippen molar-refractivity contribution in [1.29, 1.82) is 0 Å². The summed E-state index contributed by atoms with van der Waals surface area (Å²) in [4.78, 5) is 16.9. The number of nitrogens with zero attached hydrogens (tertiary/aromatic N) is 2. The van der Waals surface area contributed by atoms with Crippen LogP contribution >= 0.6 is 11.6 Å². The first-order valence-electron chi connectivity index (χ1n) is 7.80. The smallest absolute Gasteiger partial charge is 0.297 e. The van der Waals surface area contributed by atoms with Gasteiger partial charge in [-0.25, -0.2) is 4.98 Å². The minimum absolute atomic E-state index is 0.221. The van der Waals surface area contributed by atoms with E-state index in [1.807, 2.05) is 43.3 Å². The van der Waals surface area contributed by atoms with Gasteiger partial charge in [0.2, 0.25) is 0 Å². The Morgan fingerprint density at radius 2 is 1.96 bits per heavy atom. The van der Waals surface area contributed by atoms with E-state index in [1.54, 1.807) is 30.1 Å². The molecular weight excluding hydrogens is 338 g/mol. The van der Waals surface area contributed by atoms with Crippen LogP contribution in [0.3, 0.4) is 0 Å². The van der Waals surface area contributed by atoms with Crippen LogP contribution in [0.4, 0.5) is 5.82 Å². The Kier molecular flexibility index (Phi) is 5.05. The molecule has 2 aromatic carbocycles. The number of hydrogen-bond acceptors (Lipinski definition) is 4. The summed E-state index contributed by atoms with van der Waals surface area (Å²) in [5.74, 6) is 1.08. The van der Waals surface area contributed by atoms with Crippen molar-refractivity contribution >= 4 is 17.4 Å². The van der Waals surface area contributed by atoms with Crippen molar-refractivity contribution in [2.24, 2.45) is 0 Å². The van der Waals surface area contributed by atoms with Crippen molar-refractivity contribution < 1.29 is 4.74 Å². The molecule has 0 amide bonds. The van der Waals surface area contributed by atoms with Crippen molar-refractivity contribution in [2.45, 2.75) is 13.5 Å². The average molecular weight is 356 g/mol. The molecule has 0 spiro atoms. The van der Waals surface area contributed by atoms with E-state index >= 15 is 0 Å². The summed E-state index contributed by atoms with van der Waals surface area (Å²) in [6, 6.07) is 13.1. The molecule has 0 aliphatic heterocycles. The fourth-order valence-electron chi connectivity index (χ4n) is 2.51. The molecule has 1 heterocycles. The number of rotatable bonds is 5. The number of anilines is 1. The average Bonchev–Trinajstić information content (AvgIpc) is 2.64. The van der Waals surface area contributed by atoms with E-state index in [2.05, 4.69) is 10.3 Å². The third kappa shape index (κ3) is 3.67. The molecule has 1 N–H and O–H groups in total. The quantitative estimate of drug-likeness (QED) is 0.756. The van der Waals surface area contributed by atoms with Crippen molar-refractivity contribution in [3.8, 4) is 11.4 Å². The Morgan fingerprint density at radius 1 is 1.20 bits per heavy atom. The third-order valence-corrected chi connectivity index (χ3v) is 4.37. The number of benzene rings is 2. The number of nitrogens with one attached hydrogen (secondary N) is 1. The molecule has 0 unspecified atom stereocenters. The molecule has 0 saturated carbocycles. The first-order chi connectivity index (χ1) is 12.1. The number of ether oxygens (including phenoxy) is 1. The Balaban J connectivity index is 1.86. The van der Waals surface area contributed by atoms with Gasteiger partial charge in [0, 0.05) is 24.0 Å². The van der Waals surface area contributed by atoms with Crippen LogP contribution in [0.25, 0.3) is 5.69 Å². The first kappa shape index (κ1) is 17.0. The minimum atomic E-state index is -0.221. The van der Waals surface area contributed by atoms with Gasteiger partial charge in [0.25, 0.3) is 5.56 Å². The normalized spacial score (nSPS) is 10.5. The highest BCUT2D eigenvalue weighted by molar-refractivity contribution is 6.31. The van der Waals surface area contributed by atoms with Gasteiger partial charge >= 0.3 is 0 Å². The van der Waals surface area contributed by atoms with E-state index in [-0.39, 0.29) is 11.4 Å². The summed E-state index contributed by atoms with van der Waals surface area (Å²) in [5, 5.41) is 3.71. The van der Waals surface area contributed by atoms with Crippen molar-refractivity contribution in [3.05, 3.63) is 81.4 Å². The number of halogens is 1. The van der Waals surface area contributed by atoms with Gasteiger partial charge in [-0.15, -0.1) is 0 Å². The molecule has 0 saturated heterocycles. The fraction of sp³-hybridized carbons (Fsp3) is 0.158. The van der Waals surface area contributed by atoms with E-state index in [1.165, 1.54) is 0 Å². The first-order valence-corrected chi connectivity index (χ1v) is 8.18. The Morgan fingerprint density at radius 3 is 2.68 bits per heavy atom. The molecular formula is C19H18ClN3O2.